The molecule has 1 amide bonds. The van der Waals surface area contributed by atoms with Crippen LogP contribution >= 0.6 is 0 Å². The van der Waals surface area contributed by atoms with E-state index >= 15 is 0 Å². The lowest BCUT2D eigenvalue weighted by molar-refractivity contribution is -0.384. The molecule has 2 N–H and O–H groups in total. The zero-order chi connectivity index (χ0) is 17.6. The standard InChI is InChI=1S/C17H13N5O3/c23-17(16-10-15(19-20-16)13-4-2-1-3-5-13)21-18-11-12-6-8-14(9-7-12)22(24)25/h1-11H,(H,19,20)(H,21,23)/b18-11-. The van der Waals surface area contributed by atoms with E-state index in [2.05, 4.69) is 20.7 Å². The highest BCUT2D eigenvalue weighted by molar-refractivity contribution is 5.94. The first kappa shape index (κ1) is 16.1. The summed E-state index contributed by atoms with van der Waals surface area (Å²) in [4.78, 5) is 22.1. The van der Waals surface area contributed by atoms with E-state index < -0.39 is 10.8 Å². The minimum absolute atomic E-state index is 0.00733. The van der Waals surface area contributed by atoms with Gasteiger partial charge in [-0.15, -0.1) is 0 Å². The number of carbonyl (C=O) groups excluding carboxylic acids is 1. The van der Waals surface area contributed by atoms with E-state index in [0.29, 0.717) is 11.3 Å². The number of amides is 1. The predicted molar refractivity (Wildman–Crippen MR) is 92.2 cm³/mol. The smallest absolute Gasteiger partial charge is 0.272 e. The van der Waals surface area contributed by atoms with Gasteiger partial charge in [0.05, 0.1) is 16.8 Å². The molecular weight excluding hydrogens is 322 g/mol. The Morgan fingerprint density at radius 3 is 2.56 bits per heavy atom. The Balaban J connectivity index is 1.63. The van der Waals surface area contributed by atoms with Crippen molar-refractivity contribution in [3.63, 3.8) is 0 Å². The molecule has 1 heterocycles. The van der Waals surface area contributed by atoms with Gasteiger partial charge >= 0.3 is 0 Å². The summed E-state index contributed by atoms with van der Waals surface area (Å²) < 4.78 is 0. The molecule has 0 radical (unpaired) electrons. The Morgan fingerprint density at radius 2 is 1.88 bits per heavy atom. The number of H-pyrrole nitrogens is 1. The molecule has 0 bridgehead atoms. The van der Waals surface area contributed by atoms with Gasteiger partial charge in [-0.2, -0.15) is 10.2 Å². The van der Waals surface area contributed by atoms with E-state index in [1.165, 1.54) is 30.5 Å². The topological polar surface area (TPSA) is 113 Å². The molecule has 8 nitrogen and oxygen atoms in total. The summed E-state index contributed by atoms with van der Waals surface area (Å²) in [7, 11) is 0. The second-order valence-electron chi connectivity index (χ2n) is 5.08. The van der Waals surface area contributed by atoms with Gasteiger partial charge in [0, 0.05) is 17.7 Å². The quantitative estimate of drug-likeness (QED) is 0.424. The number of rotatable bonds is 5. The van der Waals surface area contributed by atoms with Gasteiger partial charge < -0.3 is 0 Å². The average Bonchev–Trinajstić information content (AvgIpc) is 3.13. The molecule has 2 aromatic carbocycles. The maximum absolute atomic E-state index is 12.0. The second-order valence-corrected chi connectivity index (χ2v) is 5.08. The van der Waals surface area contributed by atoms with Crippen LogP contribution in [0.1, 0.15) is 16.1 Å². The van der Waals surface area contributed by atoms with Crippen LogP contribution in [0.5, 0.6) is 0 Å². The van der Waals surface area contributed by atoms with Crippen LogP contribution in [-0.4, -0.2) is 27.2 Å². The van der Waals surface area contributed by atoms with E-state index in [4.69, 9.17) is 0 Å². The molecule has 0 aliphatic carbocycles. The average molecular weight is 335 g/mol. The Morgan fingerprint density at radius 1 is 1.16 bits per heavy atom. The number of hydrazone groups is 1. The lowest BCUT2D eigenvalue weighted by Crippen LogP contribution is -2.17. The largest absolute Gasteiger partial charge is 0.289 e. The van der Waals surface area contributed by atoms with Crippen molar-refractivity contribution < 1.29 is 9.72 Å². The fourth-order valence-corrected chi connectivity index (χ4v) is 2.10. The van der Waals surface area contributed by atoms with Crippen LogP contribution in [0.4, 0.5) is 5.69 Å². The number of hydrogen-bond donors (Lipinski definition) is 2. The maximum Gasteiger partial charge on any atom is 0.289 e. The minimum Gasteiger partial charge on any atom is -0.272 e. The molecule has 0 fully saturated rings. The molecule has 0 aliphatic rings. The Bertz CT molecular complexity index is 917. The van der Waals surface area contributed by atoms with Crippen molar-refractivity contribution >= 4 is 17.8 Å². The first-order chi connectivity index (χ1) is 12.1. The van der Waals surface area contributed by atoms with Crippen molar-refractivity contribution in [1.29, 1.82) is 0 Å². The molecule has 25 heavy (non-hydrogen) atoms. The molecular formula is C17H13N5O3. The molecule has 1 aromatic heterocycles. The summed E-state index contributed by atoms with van der Waals surface area (Å²) in [5.74, 6) is -0.437. The summed E-state index contributed by atoms with van der Waals surface area (Å²) in [6.07, 6.45) is 1.40. The van der Waals surface area contributed by atoms with E-state index in [0.717, 1.165) is 5.56 Å². The number of hydrogen-bond acceptors (Lipinski definition) is 5. The normalized spacial score (nSPS) is 10.7. The second kappa shape index (κ2) is 7.18. The summed E-state index contributed by atoms with van der Waals surface area (Å²) >= 11 is 0. The monoisotopic (exact) mass is 335 g/mol. The Hall–Kier alpha value is -3.81. The molecule has 0 saturated carbocycles. The first-order valence-corrected chi connectivity index (χ1v) is 7.32. The number of nitrogens with zero attached hydrogens (tertiary/aromatic N) is 3. The number of benzene rings is 2. The summed E-state index contributed by atoms with van der Waals surface area (Å²) in [5, 5.41) is 21.2. The van der Waals surface area contributed by atoms with Crippen LogP contribution < -0.4 is 5.43 Å². The lowest BCUT2D eigenvalue weighted by Gasteiger charge is -1.96. The van der Waals surface area contributed by atoms with Crippen molar-refractivity contribution in [2.24, 2.45) is 5.10 Å². The number of non-ortho nitro benzene ring substituents is 1. The summed E-state index contributed by atoms with van der Waals surface area (Å²) in [5.41, 5.74) is 4.82. The molecule has 3 rings (SSSR count). The molecule has 0 atom stereocenters. The predicted octanol–water partition coefficient (Wildman–Crippen LogP) is 2.75. The molecule has 0 unspecified atom stereocenters. The molecule has 8 heteroatoms. The fourth-order valence-electron chi connectivity index (χ4n) is 2.10. The van der Waals surface area contributed by atoms with Crippen molar-refractivity contribution in [3.8, 4) is 11.3 Å². The fraction of sp³-hybridized carbons (Fsp3) is 0. The van der Waals surface area contributed by atoms with E-state index in [9.17, 15) is 14.9 Å². The third kappa shape index (κ3) is 3.94. The molecule has 124 valence electrons. The zero-order valence-electron chi connectivity index (χ0n) is 12.9. The molecule has 0 aliphatic heterocycles. The van der Waals surface area contributed by atoms with Crippen molar-refractivity contribution in [1.82, 2.24) is 15.6 Å². The van der Waals surface area contributed by atoms with Crippen LogP contribution in [0, 0.1) is 10.1 Å². The third-order valence-corrected chi connectivity index (χ3v) is 3.38. The number of carbonyl (C=O) groups is 1. The number of nitro groups is 1. The van der Waals surface area contributed by atoms with Crippen molar-refractivity contribution in [3.05, 3.63) is 82.0 Å². The Labute approximate surface area is 142 Å². The van der Waals surface area contributed by atoms with Gasteiger partial charge in [-0.1, -0.05) is 30.3 Å². The lowest BCUT2D eigenvalue weighted by atomic mass is 10.1. The number of aromatic amines is 1. The summed E-state index contributed by atoms with van der Waals surface area (Å²) in [6.45, 7) is 0. The molecule has 0 saturated heterocycles. The van der Waals surface area contributed by atoms with E-state index in [1.807, 2.05) is 30.3 Å². The highest BCUT2D eigenvalue weighted by Crippen LogP contribution is 2.16. The van der Waals surface area contributed by atoms with Crippen LogP contribution in [0.15, 0.2) is 65.8 Å². The number of nitrogens with one attached hydrogen (secondary N) is 2. The van der Waals surface area contributed by atoms with E-state index in [1.54, 1.807) is 6.07 Å². The van der Waals surface area contributed by atoms with E-state index in [-0.39, 0.29) is 11.4 Å². The van der Waals surface area contributed by atoms with Crippen molar-refractivity contribution in [2.45, 2.75) is 0 Å². The van der Waals surface area contributed by atoms with Crippen LogP contribution in [-0.2, 0) is 0 Å². The SMILES string of the molecule is O=C(N/N=C\c1ccc([N+](=O)[O-])cc1)c1cc(-c2ccccc2)n[nH]1. The van der Waals surface area contributed by atoms with Gasteiger partial charge in [0.15, 0.2) is 0 Å². The number of nitro benzene ring substituents is 1. The van der Waals surface area contributed by atoms with Gasteiger partial charge in [0.1, 0.15) is 5.69 Å². The highest BCUT2D eigenvalue weighted by atomic mass is 16.6. The van der Waals surface area contributed by atoms with Crippen LogP contribution in [0.2, 0.25) is 0 Å². The van der Waals surface area contributed by atoms with Gasteiger partial charge in [0.25, 0.3) is 11.6 Å². The first-order valence-electron chi connectivity index (χ1n) is 7.32. The van der Waals surface area contributed by atoms with Crippen LogP contribution in [0.3, 0.4) is 0 Å². The highest BCUT2D eigenvalue weighted by Gasteiger charge is 2.10. The maximum atomic E-state index is 12.0. The minimum atomic E-state index is -0.481. The van der Waals surface area contributed by atoms with Gasteiger partial charge in [-0.3, -0.25) is 20.0 Å². The molecule has 0 spiro atoms. The Kier molecular flexibility index (Phi) is 4.61. The zero-order valence-corrected chi connectivity index (χ0v) is 12.9. The third-order valence-electron chi connectivity index (χ3n) is 3.38. The van der Waals surface area contributed by atoms with Gasteiger partial charge in [-0.05, 0) is 23.8 Å². The van der Waals surface area contributed by atoms with Gasteiger partial charge in [-0.25, -0.2) is 5.43 Å². The molecule has 3 aromatic rings. The van der Waals surface area contributed by atoms with Crippen LogP contribution in [0.25, 0.3) is 11.3 Å². The summed E-state index contributed by atoms with van der Waals surface area (Å²) in [6, 6.07) is 16.9. The van der Waals surface area contributed by atoms with Crippen molar-refractivity contribution in [2.75, 3.05) is 0 Å². The number of aromatic nitrogens is 2. The van der Waals surface area contributed by atoms with Gasteiger partial charge in [0.2, 0.25) is 0 Å².